The predicted octanol–water partition coefficient (Wildman–Crippen LogP) is 5.13. The van der Waals surface area contributed by atoms with Crippen molar-refractivity contribution in [3.05, 3.63) is 63.6 Å². The summed E-state index contributed by atoms with van der Waals surface area (Å²) in [4.78, 5) is 2.23. The second-order valence-electron chi connectivity index (χ2n) is 4.75. The number of anilines is 1. The Hall–Kier alpha value is -0.990. The minimum atomic E-state index is 0.530. The van der Waals surface area contributed by atoms with Crippen molar-refractivity contribution in [2.24, 2.45) is 0 Å². The van der Waals surface area contributed by atoms with Crippen LogP contribution in [0.25, 0.3) is 0 Å². The van der Waals surface area contributed by atoms with E-state index in [1.165, 1.54) is 16.8 Å². The zero-order valence-corrected chi connectivity index (χ0v) is 13.5. The summed E-state index contributed by atoms with van der Waals surface area (Å²) in [5.74, 6) is 0.530. The topological polar surface area (TPSA) is 3.24 Å². The Morgan fingerprint density at radius 1 is 1.11 bits per heavy atom. The quantitative estimate of drug-likeness (QED) is 0.698. The standard InChI is InChI=1S/C16H17BrClN/c1-12-3-5-13(6-4-12)11-19(2)15-8-7-14(10-18)16(17)9-15/h3-9H,10-11H2,1-2H3. The van der Waals surface area contributed by atoms with Crippen LogP contribution in [0.4, 0.5) is 5.69 Å². The lowest BCUT2D eigenvalue weighted by atomic mass is 10.1. The third-order valence-electron chi connectivity index (χ3n) is 3.16. The van der Waals surface area contributed by atoms with Gasteiger partial charge in [0.05, 0.1) is 0 Å². The zero-order valence-electron chi connectivity index (χ0n) is 11.2. The van der Waals surface area contributed by atoms with E-state index in [2.05, 4.69) is 77.3 Å². The highest BCUT2D eigenvalue weighted by molar-refractivity contribution is 9.10. The summed E-state index contributed by atoms with van der Waals surface area (Å²) >= 11 is 9.42. The van der Waals surface area contributed by atoms with Gasteiger partial charge in [-0.05, 0) is 30.2 Å². The van der Waals surface area contributed by atoms with Crippen molar-refractivity contribution in [1.82, 2.24) is 0 Å². The van der Waals surface area contributed by atoms with Gasteiger partial charge in [0, 0.05) is 29.6 Å². The SMILES string of the molecule is Cc1ccc(CN(C)c2ccc(CCl)c(Br)c2)cc1. The van der Waals surface area contributed by atoms with E-state index in [1.54, 1.807) is 0 Å². The first-order valence-corrected chi connectivity index (χ1v) is 7.54. The molecule has 0 bridgehead atoms. The molecule has 0 aliphatic rings. The molecule has 2 aromatic carbocycles. The summed E-state index contributed by atoms with van der Waals surface area (Å²) in [6.45, 7) is 3.00. The second kappa shape index (κ2) is 6.44. The molecule has 0 radical (unpaired) electrons. The van der Waals surface area contributed by atoms with Gasteiger partial charge in [0.15, 0.2) is 0 Å². The second-order valence-corrected chi connectivity index (χ2v) is 5.87. The molecule has 0 heterocycles. The zero-order chi connectivity index (χ0) is 13.8. The van der Waals surface area contributed by atoms with Crippen molar-refractivity contribution in [2.45, 2.75) is 19.3 Å². The van der Waals surface area contributed by atoms with Crippen molar-refractivity contribution in [3.63, 3.8) is 0 Å². The molecule has 0 atom stereocenters. The number of benzene rings is 2. The van der Waals surface area contributed by atoms with E-state index >= 15 is 0 Å². The van der Waals surface area contributed by atoms with Crippen LogP contribution in [0.3, 0.4) is 0 Å². The van der Waals surface area contributed by atoms with Gasteiger partial charge in [-0.25, -0.2) is 0 Å². The van der Waals surface area contributed by atoms with Crippen LogP contribution in [-0.2, 0) is 12.4 Å². The molecule has 0 aromatic heterocycles. The van der Waals surface area contributed by atoms with E-state index in [1.807, 2.05) is 0 Å². The van der Waals surface area contributed by atoms with Gasteiger partial charge in [0.1, 0.15) is 0 Å². The molecule has 0 aliphatic heterocycles. The largest absolute Gasteiger partial charge is 0.370 e. The molecule has 0 N–H and O–H groups in total. The van der Waals surface area contributed by atoms with E-state index in [-0.39, 0.29) is 0 Å². The lowest BCUT2D eigenvalue weighted by Gasteiger charge is -2.20. The Kier molecular flexibility index (Phi) is 4.89. The number of aryl methyl sites for hydroxylation is 1. The molecule has 2 rings (SSSR count). The minimum Gasteiger partial charge on any atom is -0.370 e. The van der Waals surface area contributed by atoms with Crippen LogP contribution in [0.5, 0.6) is 0 Å². The van der Waals surface area contributed by atoms with Gasteiger partial charge < -0.3 is 4.90 Å². The lowest BCUT2D eigenvalue weighted by Crippen LogP contribution is -2.16. The molecule has 0 aliphatic carbocycles. The molecule has 0 spiro atoms. The van der Waals surface area contributed by atoms with Crippen LogP contribution in [0.1, 0.15) is 16.7 Å². The van der Waals surface area contributed by atoms with Gasteiger partial charge in [-0.3, -0.25) is 0 Å². The van der Waals surface area contributed by atoms with Crippen LogP contribution in [-0.4, -0.2) is 7.05 Å². The van der Waals surface area contributed by atoms with Crippen LogP contribution in [0.15, 0.2) is 46.9 Å². The summed E-state index contributed by atoms with van der Waals surface area (Å²) in [5.41, 5.74) is 4.90. The van der Waals surface area contributed by atoms with Crippen LogP contribution in [0, 0.1) is 6.92 Å². The van der Waals surface area contributed by atoms with Crippen molar-refractivity contribution < 1.29 is 0 Å². The maximum absolute atomic E-state index is 5.87. The molecule has 0 amide bonds. The molecule has 1 nitrogen and oxygen atoms in total. The average molecular weight is 339 g/mol. The van der Waals surface area contributed by atoms with Gasteiger partial charge in [0.2, 0.25) is 0 Å². The fourth-order valence-electron chi connectivity index (χ4n) is 1.94. The summed E-state index contributed by atoms with van der Waals surface area (Å²) in [6, 6.07) is 14.9. The molecule has 0 saturated heterocycles. The Bertz CT molecular complexity index is 551. The normalized spacial score (nSPS) is 10.5. The van der Waals surface area contributed by atoms with Crippen LogP contribution >= 0.6 is 27.5 Å². The predicted molar refractivity (Wildman–Crippen MR) is 87.0 cm³/mol. The van der Waals surface area contributed by atoms with Crippen LogP contribution < -0.4 is 4.90 Å². The first-order chi connectivity index (χ1) is 9.10. The molecule has 2 aromatic rings. The van der Waals surface area contributed by atoms with E-state index < -0.39 is 0 Å². The molecule has 100 valence electrons. The lowest BCUT2D eigenvalue weighted by molar-refractivity contribution is 0.921. The van der Waals surface area contributed by atoms with Gasteiger partial charge in [-0.15, -0.1) is 11.6 Å². The Morgan fingerprint density at radius 3 is 2.37 bits per heavy atom. The highest BCUT2D eigenvalue weighted by atomic mass is 79.9. The number of halogens is 2. The minimum absolute atomic E-state index is 0.530. The van der Waals surface area contributed by atoms with E-state index in [0.717, 1.165) is 16.6 Å². The molecule has 0 unspecified atom stereocenters. The fourth-order valence-corrected chi connectivity index (χ4v) is 2.84. The third-order valence-corrected chi connectivity index (χ3v) is 4.19. The molecule has 3 heteroatoms. The summed E-state index contributed by atoms with van der Waals surface area (Å²) < 4.78 is 1.07. The van der Waals surface area contributed by atoms with Gasteiger partial charge in [-0.2, -0.15) is 0 Å². The van der Waals surface area contributed by atoms with Crippen LogP contribution in [0.2, 0.25) is 0 Å². The first-order valence-electron chi connectivity index (χ1n) is 6.21. The number of rotatable bonds is 4. The van der Waals surface area contributed by atoms with E-state index in [9.17, 15) is 0 Å². The number of hydrogen-bond donors (Lipinski definition) is 0. The number of hydrogen-bond acceptors (Lipinski definition) is 1. The maximum Gasteiger partial charge on any atom is 0.0485 e. The molecule has 0 saturated carbocycles. The molecular formula is C16H17BrClN. The summed E-state index contributed by atoms with van der Waals surface area (Å²) in [5, 5.41) is 0. The summed E-state index contributed by atoms with van der Waals surface area (Å²) in [6.07, 6.45) is 0. The van der Waals surface area contributed by atoms with E-state index in [0.29, 0.717) is 5.88 Å². The highest BCUT2D eigenvalue weighted by Crippen LogP contribution is 2.25. The monoisotopic (exact) mass is 337 g/mol. The van der Waals surface area contributed by atoms with Gasteiger partial charge in [0.25, 0.3) is 0 Å². The first kappa shape index (κ1) is 14.4. The number of nitrogens with zero attached hydrogens (tertiary/aromatic N) is 1. The highest BCUT2D eigenvalue weighted by Gasteiger charge is 2.05. The smallest absolute Gasteiger partial charge is 0.0485 e. The van der Waals surface area contributed by atoms with Crippen molar-refractivity contribution in [3.8, 4) is 0 Å². The number of alkyl halides is 1. The van der Waals surface area contributed by atoms with Crippen molar-refractivity contribution >= 4 is 33.2 Å². The van der Waals surface area contributed by atoms with Crippen molar-refractivity contribution in [1.29, 1.82) is 0 Å². The Labute approximate surface area is 128 Å². The Morgan fingerprint density at radius 2 is 1.79 bits per heavy atom. The van der Waals surface area contributed by atoms with Gasteiger partial charge in [-0.1, -0.05) is 51.8 Å². The molecular weight excluding hydrogens is 322 g/mol. The summed E-state index contributed by atoms with van der Waals surface area (Å²) in [7, 11) is 2.10. The fraction of sp³-hybridized carbons (Fsp3) is 0.250. The Balaban J connectivity index is 2.13. The maximum atomic E-state index is 5.87. The van der Waals surface area contributed by atoms with Crippen molar-refractivity contribution in [2.75, 3.05) is 11.9 Å². The average Bonchev–Trinajstić information content (AvgIpc) is 2.41. The van der Waals surface area contributed by atoms with E-state index in [4.69, 9.17) is 11.6 Å². The molecule has 19 heavy (non-hydrogen) atoms. The van der Waals surface area contributed by atoms with Gasteiger partial charge >= 0.3 is 0 Å². The third kappa shape index (κ3) is 3.74. The molecule has 0 fully saturated rings.